The molecule has 0 saturated heterocycles. The van der Waals surface area contributed by atoms with Crippen molar-refractivity contribution in [2.24, 2.45) is 5.10 Å². The van der Waals surface area contributed by atoms with E-state index in [2.05, 4.69) is 36.5 Å². The summed E-state index contributed by atoms with van der Waals surface area (Å²) in [5, 5.41) is 13.4. The van der Waals surface area contributed by atoms with Crippen molar-refractivity contribution >= 4 is 51.5 Å². The zero-order chi connectivity index (χ0) is 26.1. The van der Waals surface area contributed by atoms with Crippen molar-refractivity contribution in [3.63, 3.8) is 0 Å². The van der Waals surface area contributed by atoms with Crippen LogP contribution in [-0.4, -0.2) is 36.6 Å². The second kappa shape index (κ2) is 9.83. The molecule has 1 amide bonds. The first-order valence-corrected chi connectivity index (χ1v) is 12.1. The number of hydrazone groups is 1. The molecule has 0 aliphatic rings. The minimum Gasteiger partial charge on any atom is -0.379 e. The van der Waals surface area contributed by atoms with Crippen LogP contribution in [0.5, 0.6) is 0 Å². The van der Waals surface area contributed by atoms with Gasteiger partial charge in [0.05, 0.1) is 17.2 Å². The minimum atomic E-state index is -0.342. The average Bonchev–Trinajstić information content (AvgIpc) is 3.61. The number of benzene rings is 3. The molecule has 10 nitrogen and oxygen atoms in total. The number of halogens is 1. The summed E-state index contributed by atoms with van der Waals surface area (Å²) in [5.41, 5.74) is 13.3. The van der Waals surface area contributed by atoms with Gasteiger partial charge in [-0.1, -0.05) is 54.1 Å². The summed E-state index contributed by atoms with van der Waals surface area (Å²) in [4.78, 5) is 17.5. The number of nitrogen functional groups attached to an aromatic ring is 1. The zero-order valence-electron chi connectivity index (χ0n) is 20.0. The Morgan fingerprint density at radius 2 is 1.79 bits per heavy atom. The Morgan fingerprint density at radius 1 is 1.03 bits per heavy atom. The predicted molar refractivity (Wildman–Crippen MR) is 146 cm³/mol. The molecular weight excluding hydrogens is 504 g/mol. The molecule has 0 saturated carbocycles. The number of nitrogens with zero attached hydrogens (tertiary/aromatic N) is 6. The van der Waals surface area contributed by atoms with Crippen LogP contribution in [0.2, 0.25) is 5.02 Å². The molecule has 0 radical (unpaired) electrons. The van der Waals surface area contributed by atoms with E-state index < -0.39 is 0 Å². The Labute approximate surface area is 221 Å². The number of anilines is 1. The highest BCUT2D eigenvalue weighted by atomic mass is 35.5. The fourth-order valence-corrected chi connectivity index (χ4v) is 4.54. The van der Waals surface area contributed by atoms with Crippen LogP contribution in [-0.2, 0) is 17.9 Å². The fourth-order valence-electron chi connectivity index (χ4n) is 4.42. The number of imidazole rings is 1. The van der Waals surface area contributed by atoms with Gasteiger partial charge in [-0.3, -0.25) is 4.79 Å². The summed E-state index contributed by atoms with van der Waals surface area (Å²) in [7, 11) is 0. The first-order valence-electron chi connectivity index (χ1n) is 11.7. The third kappa shape index (κ3) is 4.48. The van der Waals surface area contributed by atoms with Crippen molar-refractivity contribution in [3.05, 3.63) is 95.1 Å². The first kappa shape index (κ1) is 23.4. The van der Waals surface area contributed by atoms with E-state index in [-0.39, 0.29) is 24.0 Å². The lowest BCUT2D eigenvalue weighted by Gasteiger charge is -2.06. The molecule has 3 heterocycles. The van der Waals surface area contributed by atoms with E-state index in [0.717, 1.165) is 27.5 Å². The van der Waals surface area contributed by atoms with E-state index in [1.165, 1.54) is 0 Å². The molecule has 6 aromatic rings. The molecule has 0 bridgehead atoms. The van der Waals surface area contributed by atoms with E-state index in [1.54, 1.807) is 10.8 Å². The summed E-state index contributed by atoms with van der Waals surface area (Å²) in [6, 6.07) is 23.2. The van der Waals surface area contributed by atoms with E-state index in [4.69, 9.17) is 22.0 Å². The zero-order valence-corrected chi connectivity index (χ0v) is 20.7. The molecule has 3 aromatic heterocycles. The number of hydrogen-bond acceptors (Lipinski definition) is 7. The molecule has 0 aliphatic heterocycles. The highest BCUT2D eigenvalue weighted by Crippen LogP contribution is 2.26. The average molecular weight is 525 g/mol. The minimum absolute atomic E-state index is 0.0577. The smallest absolute Gasteiger partial charge is 0.260 e. The summed E-state index contributed by atoms with van der Waals surface area (Å²) in [5.74, 6) is 0.134. The highest BCUT2D eigenvalue weighted by molar-refractivity contribution is 6.30. The molecule has 0 atom stereocenters. The predicted octanol–water partition coefficient (Wildman–Crippen LogP) is 4.48. The quantitative estimate of drug-likeness (QED) is 0.234. The maximum Gasteiger partial charge on any atom is 0.260 e. The number of fused-ring (bicyclic) bond motifs is 2. The molecular formula is C27H21ClN8O2. The number of carbonyl (C=O) groups is 1. The number of rotatable bonds is 7. The third-order valence-corrected chi connectivity index (χ3v) is 6.41. The van der Waals surface area contributed by atoms with Crippen molar-refractivity contribution in [1.82, 2.24) is 29.9 Å². The van der Waals surface area contributed by atoms with E-state index >= 15 is 0 Å². The summed E-state index contributed by atoms with van der Waals surface area (Å²) >= 11 is 6.03. The summed E-state index contributed by atoms with van der Waals surface area (Å²) in [6.07, 6.45) is 3.65. The molecule has 6 rings (SSSR count). The van der Waals surface area contributed by atoms with Crippen LogP contribution in [0.4, 0.5) is 5.82 Å². The molecule has 188 valence electrons. The van der Waals surface area contributed by atoms with Crippen molar-refractivity contribution in [1.29, 1.82) is 0 Å². The second-order valence-electron chi connectivity index (χ2n) is 8.66. The molecule has 0 unspecified atom stereocenters. The topological polar surface area (TPSA) is 129 Å². The third-order valence-electron chi connectivity index (χ3n) is 6.16. The Morgan fingerprint density at radius 3 is 2.58 bits per heavy atom. The number of carbonyl (C=O) groups excluding carboxylic acids is 1. The van der Waals surface area contributed by atoms with Gasteiger partial charge in [0.1, 0.15) is 6.54 Å². The summed E-state index contributed by atoms with van der Waals surface area (Å²) < 4.78 is 8.58. The number of amides is 1. The van der Waals surface area contributed by atoms with Crippen LogP contribution in [0.1, 0.15) is 11.1 Å². The molecule has 11 heteroatoms. The monoisotopic (exact) mass is 524 g/mol. The molecule has 3 N–H and O–H groups in total. The second-order valence-corrected chi connectivity index (χ2v) is 9.09. The van der Waals surface area contributed by atoms with Gasteiger partial charge in [0, 0.05) is 34.2 Å². The lowest BCUT2D eigenvalue weighted by Crippen LogP contribution is -2.23. The Bertz CT molecular complexity index is 1800. The highest BCUT2D eigenvalue weighted by Gasteiger charge is 2.20. The summed E-state index contributed by atoms with van der Waals surface area (Å²) in [6.45, 7) is 0.617. The lowest BCUT2D eigenvalue weighted by atomic mass is 10.2. The maximum absolute atomic E-state index is 12.9. The van der Waals surface area contributed by atoms with Gasteiger partial charge in [0.2, 0.25) is 0 Å². The molecule has 0 aliphatic carbocycles. The van der Waals surface area contributed by atoms with Gasteiger partial charge < -0.3 is 14.9 Å². The van der Waals surface area contributed by atoms with E-state index in [9.17, 15) is 4.79 Å². The molecule has 0 fully saturated rings. The van der Waals surface area contributed by atoms with Crippen molar-refractivity contribution in [2.75, 3.05) is 5.73 Å². The van der Waals surface area contributed by atoms with Gasteiger partial charge in [-0.15, -0.1) is 0 Å². The van der Waals surface area contributed by atoms with Crippen LogP contribution in [0.25, 0.3) is 33.5 Å². The normalized spacial score (nSPS) is 11.6. The van der Waals surface area contributed by atoms with Crippen LogP contribution in [0.15, 0.2) is 88.7 Å². The fraction of sp³-hybridized carbons (Fsp3) is 0.0741. The Balaban J connectivity index is 1.23. The van der Waals surface area contributed by atoms with E-state index in [1.807, 2.05) is 72.9 Å². The first-order chi connectivity index (χ1) is 18.6. The van der Waals surface area contributed by atoms with Gasteiger partial charge in [0.25, 0.3) is 5.91 Å². The molecule has 38 heavy (non-hydrogen) atoms. The largest absolute Gasteiger partial charge is 0.379 e. The number of aromatic nitrogens is 5. The van der Waals surface area contributed by atoms with Crippen LogP contribution >= 0.6 is 11.6 Å². The van der Waals surface area contributed by atoms with Crippen molar-refractivity contribution in [2.45, 2.75) is 13.1 Å². The number of nitrogens with one attached hydrogen (secondary N) is 1. The SMILES string of the molecule is Nc1nonc1-c1nc2ccccc2n1CC(=O)N/N=C/c1cn(Cc2ccc(Cl)cc2)c2ccccc12. The number of hydrogen-bond donors (Lipinski definition) is 2. The number of para-hydroxylation sites is 3. The number of nitrogens with two attached hydrogens (primary N) is 1. The van der Waals surface area contributed by atoms with Crippen LogP contribution in [0.3, 0.4) is 0 Å². The lowest BCUT2D eigenvalue weighted by molar-refractivity contribution is -0.121. The van der Waals surface area contributed by atoms with Gasteiger partial charge in [-0.2, -0.15) is 5.10 Å². The maximum atomic E-state index is 12.9. The standard InChI is InChI=1S/C27H21ClN8O2/c28-19-11-9-17(10-12-19)14-35-15-18(20-5-1-3-7-22(20)35)13-30-32-24(37)16-36-23-8-4-2-6-21(23)31-27(36)25-26(29)34-38-33-25/h1-13,15H,14,16H2,(H2,29,34)(H,32,37)/b30-13+. The van der Waals surface area contributed by atoms with Crippen molar-refractivity contribution in [3.8, 4) is 11.5 Å². The molecule has 0 spiro atoms. The van der Waals surface area contributed by atoms with Crippen LogP contribution in [0, 0.1) is 0 Å². The Kier molecular flexibility index (Phi) is 6.06. The van der Waals surface area contributed by atoms with Gasteiger partial charge in [0.15, 0.2) is 17.3 Å². The van der Waals surface area contributed by atoms with Gasteiger partial charge >= 0.3 is 0 Å². The Hall–Kier alpha value is -4.96. The van der Waals surface area contributed by atoms with Gasteiger partial charge in [-0.05, 0) is 46.2 Å². The van der Waals surface area contributed by atoms with E-state index in [0.29, 0.717) is 22.9 Å². The van der Waals surface area contributed by atoms with Crippen molar-refractivity contribution < 1.29 is 9.42 Å². The van der Waals surface area contributed by atoms with Crippen LogP contribution < -0.4 is 11.2 Å². The molecule has 3 aromatic carbocycles. The van der Waals surface area contributed by atoms with Gasteiger partial charge in [-0.25, -0.2) is 15.0 Å².